The molecule has 0 amide bonds. The summed E-state index contributed by atoms with van der Waals surface area (Å²) < 4.78 is 25.8. The third-order valence-electron chi connectivity index (χ3n) is 6.80. The second kappa shape index (κ2) is 9.97. The van der Waals surface area contributed by atoms with Crippen LogP contribution in [0.25, 0.3) is 10.9 Å². The molecule has 1 fully saturated rings. The molecule has 3 aromatic heterocycles. The van der Waals surface area contributed by atoms with Crippen LogP contribution >= 0.6 is 0 Å². The first kappa shape index (κ1) is 24.6. The SMILES string of the molecule is CCC(C)(C)C[C@H]1C[C@H](Nc2nc(Nc3cc(C)[nH]n3)cc3ncccc23)C[C@@H](C)N1S(=O)[O-]. The molecule has 3 N–H and O–H groups in total. The van der Waals surface area contributed by atoms with Crippen LogP contribution in [0.1, 0.15) is 59.1 Å². The molecule has 4 heterocycles. The molecule has 1 saturated heterocycles. The van der Waals surface area contributed by atoms with E-state index >= 15 is 0 Å². The molecular weight excluding hydrogens is 450 g/mol. The third kappa shape index (κ3) is 5.56. The van der Waals surface area contributed by atoms with Crippen molar-refractivity contribution in [3.8, 4) is 0 Å². The van der Waals surface area contributed by atoms with E-state index in [1.807, 2.05) is 38.1 Å². The fraction of sp³-hybridized carbons (Fsp3) is 0.542. The number of hydrogen-bond donors (Lipinski definition) is 3. The molecule has 0 radical (unpaired) electrons. The lowest BCUT2D eigenvalue weighted by molar-refractivity contribution is 0.128. The molecule has 1 aliphatic rings. The summed E-state index contributed by atoms with van der Waals surface area (Å²) in [4.78, 5) is 9.37. The molecule has 4 atom stereocenters. The van der Waals surface area contributed by atoms with Crippen molar-refractivity contribution in [3.63, 3.8) is 0 Å². The number of nitrogens with one attached hydrogen (secondary N) is 3. The van der Waals surface area contributed by atoms with Crippen molar-refractivity contribution >= 4 is 39.6 Å². The minimum Gasteiger partial charge on any atom is -0.760 e. The van der Waals surface area contributed by atoms with Crippen LogP contribution in [0.5, 0.6) is 0 Å². The molecule has 0 spiro atoms. The first-order chi connectivity index (χ1) is 16.1. The number of H-pyrrole nitrogens is 1. The van der Waals surface area contributed by atoms with Gasteiger partial charge >= 0.3 is 0 Å². The van der Waals surface area contributed by atoms with Gasteiger partial charge in [-0.2, -0.15) is 5.10 Å². The van der Waals surface area contributed by atoms with Crippen LogP contribution < -0.4 is 10.6 Å². The van der Waals surface area contributed by atoms with E-state index in [1.165, 1.54) is 0 Å². The minimum absolute atomic E-state index is 0.0598. The maximum Gasteiger partial charge on any atom is 0.153 e. The van der Waals surface area contributed by atoms with Crippen LogP contribution in [0.2, 0.25) is 0 Å². The average Bonchev–Trinajstić information content (AvgIpc) is 3.17. The number of aromatic amines is 1. The van der Waals surface area contributed by atoms with E-state index in [1.54, 1.807) is 10.5 Å². The Bertz CT molecular complexity index is 1170. The highest BCUT2D eigenvalue weighted by atomic mass is 32.2. The summed E-state index contributed by atoms with van der Waals surface area (Å²) in [5, 5.41) is 15.0. The molecule has 3 aromatic rings. The fourth-order valence-corrected chi connectivity index (χ4v) is 5.59. The van der Waals surface area contributed by atoms with E-state index in [9.17, 15) is 8.76 Å². The normalized spacial score (nSPS) is 22.6. The van der Waals surface area contributed by atoms with E-state index in [-0.39, 0.29) is 23.5 Å². The van der Waals surface area contributed by atoms with Crippen molar-refractivity contribution in [2.24, 2.45) is 5.41 Å². The number of nitrogens with zero attached hydrogens (tertiary/aromatic N) is 4. The Labute approximate surface area is 203 Å². The highest BCUT2D eigenvalue weighted by molar-refractivity contribution is 7.76. The number of aromatic nitrogens is 4. The summed E-state index contributed by atoms with van der Waals surface area (Å²) in [7, 11) is 0. The van der Waals surface area contributed by atoms with Crippen molar-refractivity contribution in [2.75, 3.05) is 10.6 Å². The van der Waals surface area contributed by atoms with E-state index in [2.05, 4.69) is 46.6 Å². The lowest BCUT2D eigenvalue weighted by Gasteiger charge is -2.47. The minimum atomic E-state index is -2.25. The van der Waals surface area contributed by atoms with Crippen molar-refractivity contribution in [1.29, 1.82) is 0 Å². The number of rotatable bonds is 8. The molecule has 184 valence electrons. The van der Waals surface area contributed by atoms with Crippen LogP contribution in [0, 0.1) is 12.3 Å². The van der Waals surface area contributed by atoms with Gasteiger partial charge in [-0.25, -0.2) is 9.29 Å². The molecule has 1 aliphatic heterocycles. The number of aryl methyl sites for hydroxylation is 1. The van der Waals surface area contributed by atoms with Gasteiger partial charge in [0.25, 0.3) is 0 Å². The summed E-state index contributed by atoms with van der Waals surface area (Å²) in [5.74, 6) is 2.07. The smallest absolute Gasteiger partial charge is 0.153 e. The fourth-order valence-electron chi connectivity index (χ4n) is 4.80. The van der Waals surface area contributed by atoms with Crippen LogP contribution in [0.3, 0.4) is 0 Å². The van der Waals surface area contributed by atoms with Gasteiger partial charge in [0.15, 0.2) is 5.82 Å². The van der Waals surface area contributed by atoms with Gasteiger partial charge < -0.3 is 15.2 Å². The van der Waals surface area contributed by atoms with Gasteiger partial charge in [0.2, 0.25) is 0 Å². The van der Waals surface area contributed by atoms with Crippen molar-refractivity contribution < 1.29 is 8.76 Å². The van der Waals surface area contributed by atoms with Crippen LogP contribution in [-0.4, -0.2) is 51.4 Å². The van der Waals surface area contributed by atoms with Crippen LogP contribution in [-0.2, 0) is 11.3 Å². The summed E-state index contributed by atoms with van der Waals surface area (Å²) in [6.07, 6.45) is 5.00. The summed E-state index contributed by atoms with van der Waals surface area (Å²) in [5.41, 5.74) is 1.84. The first-order valence-electron chi connectivity index (χ1n) is 11.8. The second-order valence-corrected chi connectivity index (χ2v) is 11.0. The molecular formula is C24H34N7O2S-. The maximum absolute atomic E-state index is 12.1. The molecule has 0 aliphatic carbocycles. The molecule has 1 unspecified atom stereocenters. The van der Waals surface area contributed by atoms with Gasteiger partial charge in [-0.05, 0) is 50.7 Å². The van der Waals surface area contributed by atoms with Crippen molar-refractivity contribution in [1.82, 2.24) is 24.5 Å². The molecule has 10 heteroatoms. The molecule has 34 heavy (non-hydrogen) atoms. The van der Waals surface area contributed by atoms with Crippen LogP contribution in [0.4, 0.5) is 17.5 Å². The Balaban J connectivity index is 1.62. The first-order valence-corrected chi connectivity index (χ1v) is 12.9. The predicted molar refractivity (Wildman–Crippen MR) is 135 cm³/mol. The van der Waals surface area contributed by atoms with E-state index in [0.717, 1.165) is 41.7 Å². The molecule has 0 bridgehead atoms. The zero-order chi connectivity index (χ0) is 24.5. The number of hydrogen-bond acceptors (Lipinski definition) is 7. The van der Waals surface area contributed by atoms with E-state index < -0.39 is 11.3 Å². The molecule has 0 aromatic carbocycles. The molecule has 9 nitrogen and oxygen atoms in total. The summed E-state index contributed by atoms with van der Waals surface area (Å²) in [6.45, 7) is 10.5. The predicted octanol–water partition coefficient (Wildman–Crippen LogP) is 4.66. The molecule has 0 saturated carbocycles. The van der Waals surface area contributed by atoms with Gasteiger partial charge in [-0.3, -0.25) is 14.3 Å². The Morgan fingerprint density at radius 3 is 2.76 bits per heavy atom. The Morgan fingerprint density at radius 2 is 2.09 bits per heavy atom. The van der Waals surface area contributed by atoms with Gasteiger partial charge in [0.1, 0.15) is 11.6 Å². The van der Waals surface area contributed by atoms with Crippen molar-refractivity contribution in [2.45, 2.75) is 78.4 Å². The number of anilines is 3. The number of pyridine rings is 2. The van der Waals surface area contributed by atoms with Crippen LogP contribution in [0.15, 0.2) is 30.5 Å². The monoisotopic (exact) mass is 484 g/mol. The van der Waals surface area contributed by atoms with E-state index in [0.29, 0.717) is 18.1 Å². The standard InChI is InChI=1S/C24H35N7O2S/c1-6-24(4,5)14-18-12-17(11-16(3)31(18)34(32)33)26-23-19-8-7-9-25-20(19)13-21(28-23)27-22-10-15(2)29-30-22/h7-10,13,16-18H,6,11-12,14H2,1-5H3,(H,32,33)(H3,26,27,28,29,30)/p-1/t16-,17-,18-/m1/s1. The Kier molecular flexibility index (Phi) is 7.20. The highest BCUT2D eigenvalue weighted by Gasteiger charge is 2.37. The topological polar surface area (TPSA) is 122 Å². The number of fused-ring (bicyclic) bond motifs is 1. The quantitative estimate of drug-likeness (QED) is 0.398. The Hall–Kier alpha value is -2.56. The third-order valence-corrected chi connectivity index (χ3v) is 7.80. The van der Waals surface area contributed by atoms with Gasteiger partial charge in [0.05, 0.1) is 5.52 Å². The zero-order valence-corrected chi connectivity index (χ0v) is 21.3. The average molecular weight is 485 g/mol. The van der Waals surface area contributed by atoms with E-state index in [4.69, 9.17) is 4.98 Å². The second-order valence-electron chi connectivity index (χ2n) is 10.1. The highest BCUT2D eigenvalue weighted by Crippen LogP contribution is 2.36. The molecule has 4 rings (SSSR count). The van der Waals surface area contributed by atoms with Gasteiger partial charge in [-0.15, -0.1) is 0 Å². The lowest BCUT2D eigenvalue weighted by atomic mass is 9.79. The maximum atomic E-state index is 12.1. The Morgan fingerprint density at radius 1 is 1.29 bits per heavy atom. The lowest BCUT2D eigenvalue weighted by Crippen LogP contribution is -2.53. The van der Waals surface area contributed by atoms with Crippen molar-refractivity contribution in [3.05, 3.63) is 36.2 Å². The van der Waals surface area contributed by atoms with Gasteiger partial charge in [0, 0.05) is 58.8 Å². The largest absolute Gasteiger partial charge is 0.760 e. The summed E-state index contributed by atoms with van der Waals surface area (Å²) >= 11 is -2.25. The number of piperidine rings is 1. The summed E-state index contributed by atoms with van der Waals surface area (Å²) in [6, 6.07) is 7.65. The van der Waals surface area contributed by atoms with Gasteiger partial charge in [-0.1, -0.05) is 27.2 Å². The zero-order valence-electron chi connectivity index (χ0n) is 20.5.